The fourth-order valence-electron chi connectivity index (χ4n) is 5.10. The van der Waals surface area contributed by atoms with Crippen LogP contribution in [0.3, 0.4) is 0 Å². The minimum atomic E-state index is -3.77. The Labute approximate surface area is 207 Å². The maximum Gasteiger partial charge on any atom is 0.244 e. The molecule has 0 radical (unpaired) electrons. The van der Waals surface area contributed by atoms with Crippen LogP contribution in [0.5, 0.6) is 5.75 Å². The second kappa shape index (κ2) is 11.4. The number of hydrogen-bond acceptors (Lipinski definition) is 7. The van der Waals surface area contributed by atoms with Gasteiger partial charge in [0, 0.05) is 12.6 Å². The highest BCUT2D eigenvalue weighted by Gasteiger charge is 2.27. The molecule has 188 valence electrons. The van der Waals surface area contributed by atoms with Crippen LogP contribution < -0.4 is 14.8 Å². The van der Waals surface area contributed by atoms with Crippen LogP contribution in [0.15, 0.2) is 23.1 Å². The quantitative estimate of drug-likeness (QED) is 0.437. The number of thiazole rings is 1. The Morgan fingerprint density at radius 2 is 1.85 bits per heavy atom. The molecule has 0 spiro atoms. The van der Waals surface area contributed by atoms with Gasteiger partial charge in [0.2, 0.25) is 10.0 Å². The zero-order chi connectivity index (χ0) is 24.1. The van der Waals surface area contributed by atoms with Crippen LogP contribution in [-0.4, -0.2) is 44.3 Å². The number of rotatable bonds is 9. The van der Waals surface area contributed by atoms with Crippen LogP contribution in [0.2, 0.25) is 0 Å². The Morgan fingerprint density at radius 1 is 1.12 bits per heavy atom. The molecule has 0 aliphatic heterocycles. The Balaban J connectivity index is 1.48. The monoisotopic (exact) mass is 507 g/mol. The van der Waals surface area contributed by atoms with E-state index in [1.807, 2.05) is 13.0 Å². The SMILES string of the molecule is COc1ccc(-c2sc(NCCC3CCCCC3)nc2C)cc1S(=O)(=O)N[C@H]1CC[C@@H](O)CC1. The van der Waals surface area contributed by atoms with E-state index in [9.17, 15) is 13.5 Å². The molecular weight excluding hydrogens is 470 g/mol. The van der Waals surface area contributed by atoms with Gasteiger partial charge >= 0.3 is 0 Å². The Morgan fingerprint density at radius 3 is 2.56 bits per heavy atom. The van der Waals surface area contributed by atoms with Gasteiger partial charge in [0.25, 0.3) is 0 Å². The van der Waals surface area contributed by atoms with E-state index in [-0.39, 0.29) is 17.0 Å². The number of ether oxygens (including phenoxy) is 1. The summed E-state index contributed by atoms with van der Waals surface area (Å²) in [6, 6.07) is 5.11. The second-order valence-electron chi connectivity index (χ2n) is 9.65. The van der Waals surface area contributed by atoms with E-state index in [1.54, 1.807) is 23.5 Å². The average Bonchev–Trinajstić information content (AvgIpc) is 3.21. The minimum Gasteiger partial charge on any atom is -0.495 e. The fourth-order valence-corrected chi connectivity index (χ4v) is 7.59. The van der Waals surface area contributed by atoms with Crippen molar-refractivity contribution in [3.05, 3.63) is 23.9 Å². The van der Waals surface area contributed by atoms with Crippen molar-refractivity contribution in [1.82, 2.24) is 9.71 Å². The topological polar surface area (TPSA) is 101 Å². The van der Waals surface area contributed by atoms with E-state index < -0.39 is 10.0 Å². The summed E-state index contributed by atoms with van der Waals surface area (Å²) in [5.74, 6) is 1.14. The third-order valence-electron chi connectivity index (χ3n) is 7.08. The standard InChI is InChI=1S/C25H37N3O4S2/c1-17-24(33-25(27-17)26-15-14-18-6-4-3-5-7-18)19-8-13-22(32-2)23(16-19)34(30,31)28-20-9-11-21(29)12-10-20/h8,13,16,18,20-21,28-29H,3-7,9-12,14-15H2,1-2H3,(H,26,27)/t20-,21+. The predicted molar refractivity (Wildman–Crippen MR) is 137 cm³/mol. The van der Waals surface area contributed by atoms with Crippen LogP contribution in [-0.2, 0) is 10.0 Å². The lowest BCUT2D eigenvalue weighted by Gasteiger charge is -2.26. The zero-order valence-corrected chi connectivity index (χ0v) is 21.8. The van der Waals surface area contributed by atoms with Crippen LogP contribution >= 0.6 is 11.3 Å². The molecule has 4 rings (SSSR count). The maximum atomic E-state index is 13.2. The van der Waals surface area contributed by atoms with Gasteiger partial charge in [-0.2, -0.15) is 0 Å². The lowest BCUT2D eigenvalue weighted by Crippen LogP contribution is -2.38. The number of nitrogens with zero attached hydrogens (tertiary/aromatic N) is 1. The van der Waals surface area contributed by atoms with E-state index in [2.05, 4.69) is 10.0 Å². The maximum absolute atomic E-state index is 13.2. The van der Waals surface area contributed by atoms with Gasteiger partial charge in [0.05, 0.1) is 23.8 Å². The molecule has 0 atom stereocenters. The highest BCUT2D eigenvalue weighted by atomic mass is 32.2. The molecule has 2 fully saturated rings. The van der Waals surface area contributed by atoms with Crippen molar-refractivity contribution in [3.63, 3.8) is 0 Å². The molecule has 2 aliphatic carbocycles. The third kappa shape index (κ3) is 6.30. The van der Waals surface area contributed by atoms with Crippen molar-refractivity contribution in [3.8, 4) is 16.2 Å². The molecule has 0 bridgehead atoms. The molecule has 0 unspecified atom stereocenters. The molecule has 2 aliphatic rings. The summed E-state index contributed by atoms with van der Waals surface area (Å²) in [6.45, 7) is 2.88. The molecular formula is C25H37N3O4S2. The molecule has 7 nitrogen and oxygen atoms in total. The Hall–Kier alpha value is -1.68. The van der Waals surface area contributed by atoms with Crippen molar-refractivity contribution < 1.29 is 18.3 Å². The van der Waals surface area contributed by atoms with Gasteiger partial charge in [0.1, 0.15) is 10.6 Å². The lowest BCUT2D eigenvalue weighted by molar-refractivity contribution is 0.120. The van der Waals surface area contributed by atoms with Crippen LogP contribution in [0, 0.1) is 12.8 Å². The minimum absolute atomic E-state index is 0.137. The fraction of sp³-hybridized carbons (Fsp3) is 0.640. The second-order valence-corrected chi connectivity index (χ2v) is 12.3. The molecule has 9 heteroatoms. The molecule has 0 saturated heterocycles. The Kier molecular flexibility index (Phi) is 8.50. The lowest BCUT2D eigenvalue weighted by atomic mass is 9.87. The number of hydrogen-bond donors (Lipinski definition) is 3. The van der Waals surface area contributed by atoms with Gasteiger partial charge < -0.3 is 15.2 Å². The van der Waals surface area contributed by atoms with E-state index >= 15 is 0 Å². The zero-order valence-electron chi connectivity index (χ0n) is 20.2. The molecule has 2 saturated carbocycles. The molecule has 2 aromatic rings. The summed E-state index contributed by atoms with van der Waals surface area (Å²) in [7, 11) is -2.29. The van der Waals surface area contributed by atoms with E-state index in [1.165, 1.54) is 45.6 Å². The van der Waals surface area contributed by atoms with Gasteiger partial charge in [-0.3, -0.25) is 0 Å². The van der Waals surface area contributed by atoms with Gasteiger partial charge in [-0.1, -0.05) is 43.4 Å². The first-order chi connectivity index (χ1) is 16.4. The van der Waals surface area contributed by atoms with Crippen LogP contribution in [0.4, 0.5) is 5.13 Å². The summed E-state index contributed by atoms with van der Waals surface area (Å²) in [5, 5.41) is 14.1. The number of sulfonamides is 1. The molecule has 1 heterocycles. The summed E-state index contributed by atoms with van der Waals surface area (Å²) < 4.78 is 34.7. The smallest absolute Gasteiger partial charge is 0.244 e. The first-order valence-corrected chi connectivity index (χ1v) is 14.8. The molecule has 1 aromatic carbocycles. The van der Waals surface area contributed by atoms with Gasteiger partial charge in [-0.05, 0) is 68.7 Å². The first kappa shape index (κ1) is 25.4. The predicted octanol–water partition coefficient (Wildman–Crippen LogP) is 5.09. The summed E-state index contributed by atoms with van der Waals surface area (Å²) in [6.07, 6.45) is 10.1. The van der Waals surface area contributed by atoms with Gasteiger partial charge in [-0.15, -0.1) is 0 Å². The van der Waals surface area contributed by atoms with Crippen molar-refractivity contribution >= 4 is 26.5 Å². The average molecular weight is 508 g/mol. The number of aryl methyl sites for hydroxylation is 1. The number of benzene rings is 1. The summed E-state index contributed by atoms with van der Waals surface area (Å²) in [5.41, 5.74) is 1.70. The first-order valence-electron chi connectivity index (χ1n) is 12.5. The van der Waals surface area contributed by atoms with Crippen molar-refractivity contribution in [2.24, 2.45) is 5.92 Å². The molecule has 34 heavy (non-hydrogen) atoms. The van der Waals surface area contributed by atoms with Crippen molar-refractivity contribution in [2.45, 2.75) is 88.2 Å². The van der Waals surface area contributed by atoms with Crippen LogP contribution in [0.25, 0.3) is 10.4 Å². The number of aromatic nitrogens is 1. The Bertz CT molecular complexity index is 1060. The largest absolute Gasteiger partial charge is 0.495 e. The number of aliphatic hydroxyl groups excluding tert-OH is 1. The number of methoxy groups -OCH3 is 1. The number of nitrogens with one attached hydrogen (secondary N) is 2. The van der Waals surface area contributed by atoms with E-state index in [4.69, 9.17) is 9.72 Å². The third-order valence-corrected chi connectivity index (χ3v) is 9.79. The van der Waals surface area contributed by atoms with Gasteiger partial charge in [0.15, 0.2) is 5.13 Å². The number of aliphatic hydroxyl groups is 1. The summed E-state index contributed by atoms with van der Waals surface area (Å²) >= 11 is 1.56. The molecule has 1 aromatic heterocycles. The normalized spacial score (nSPS) is 22.0. The van der Waals surface area contributed by atoms with Gasteiger partial charge in [-0.25, -0.2) is 18.1 Å². The molecule has 0 amide bonds. The highest BCUT2D eigenvalue weighted by molar-refractivity contribution is 7.89. The van der Waals surface area contributed by atoms with Crippen molar-refractivity contribution in [2.75, 3.05) is 19.0 Å². The van der Waals surface area contributed by atoms with E-state index in [0.717, 1.165) is 33.7 Å². The highest BCUT2D eigenvalue weighted by Crippen LogP contribution is 2.37. The van der Waals surface area contributed by atoms with Crippen LogP contribution in [0.1, 0.15) is 69.9 Å². The van der Waals surface area contributed by atoms with Crippen molar-refractivity contribution in [1.29, 1.82) is 0 Å². The number of anilines is 1. The molecule has 3 N–H and O–H groups in total. The van der Waals surface area contributed by atoms with E-state index in [0.29, 0.717) is 31.4 Å². The summed E-state index contributed by atoms with van der Waals surface area (Å²) in [4.78, 5) is 5.79.